The van der Waals surface area contributed by atoms with Gasteiger partial charge in [0.15, 0.2) is 5.76 Å². The Morgan fingerprint density at radius 1 is 1.07 bits per heavy atom. The number of aromatic nitrogens is 1. The Morgan fingerprint density at radius 2 is 1.77 bits per heavy atom. The van der Waals surface area contributed by atoms with E-state index < -0.39 is 10.0 Å². The molecule has 164 valence electrons. The van der Waals surface area contributed by atoms with Crippen molar-refractivity contribution >= 4 is 10.0 Å². The number of nitrogens with zero attached hydrogens (tertiary/aromatic N) is 3. The van der Waals surface area contributed by atoms with E-state index in [9.17, 15) is 8.42 Å². The lowest BCUT2D eigenvalue weighted by molar-refractivity contribution is 0.117. The number of methoxy groups -OCH3 is 1. The van der Waals surface area contributed by atoms with E-state index >= 15 is 0 Å². The van der Waals surface area contributed by atoms with Crippen molar-refractivity contribution in [3.63, 3.8) is 0 Å². The first-order valence-corrected chi connectivity index (χ1v) is 12.2. The molecule has 0 unspecified atom stereocenters. The van der Waals surface area contributed by atoms with Gasteiger partial charge in [-0.2, -0.15) is 4.31 Å². The van der Waals surface area contributed by atoms with Crippen LogP contribution in [0.25, 0.3) is 11.3 Å². The molecule has 2 aromatic rings. The van der Waals surface area contributed by atoms with Crippen LogP contribution in [0, 0.1) is 13.8 Å². The first kappa shape index (κ1) is 21.3. The van der Waals surface area contributed by atoms with Crippen LogP contribution in [0.15, 0.2) is 27.6 Å². The van der Waals surface area contributed by atoms with Gasteiger partial charge in [0.25, 0.3) is 0 Å². The molecule has 0 atom stereocenters. The lowest BCUT2D eigenvalue weighted by Gasteiger charge is -2.39. The van der Waals surface area contributed by atoms with Gasteiger partial charge in [-0.15, -0.1) is 0 Å². The molecule has 0 aliphatic carbocycles. The second-order valence-electron chi connectivity index (χ2n) is 8.32. The van der Waals surface area contributed by atoms with Gasteiger partial charge in [-0.05, 0) is 70.8 Å². The second-order valence-corrected chi connectivity index (χ2v) is 10.2. The zero-order valence-electron chi connectivity index (χ0n) is 18.1. The lowest BCUT2D eigenvalue weighted by atomic mass is 10.0. The maximum Gasteiger partial charge on any atom is 0.246 e. The van der Waals surface area contributed by atoms with E-state index in [2.05, 4.69) is 10.1 Å². The highest BCUT2D eigenvalue weighted by atomic mass is 32.2. The topological polar surface area (TPSA) is 75.9 Å². The molecule has 7 nitrogen and oxygen atoms in total. The van der Waals surface area contributed by atoms with Crippen LogP contribution in [0.3, 0.4) is 0 Å². The molecule has 2 saturated heterocycles. The van der Waals surface area contributed by atoms with Crippen molar-refractivity contribution in [3.8, 4) is 17.1 Å². The molecular weight excluding hydrogens is 402 g/mol. The Hall–Kier alpha value is -1.90. The van der Waals surface area contributed by atoms with E-state index in [1.54, 1.807) is 16.4 Å². The molecule has 0 spiro atoms. The molecule has 2 fully saturated rings. The Labute approximate surface area is 179 Å². The van der Waals surface area contributed by atoms with E-state index in [4.69, 9.17) is 9.26 Å². The Morgan fingerprint density at radius 3 is 2.37 bits per heavy atom. The average Bonchev–Trinajstić information content (AvgIpc) is 3.12. The number of sulfonamides is 1. The van der Waals surface area contributed by atoms with Gasteiger partial charge >= 0.3 is 0 Å². The van der Waals surface area contributed by atoms with Crippen molar-refractivity contribution in [3.05, 3.63) is 29.5 Å². The Balaban J connectivity index is 1.57. The molecule has 2 aliphatic rings. The summed E-state index contributed by atoms with van der Waals surface area (Å²) in [6, 6.07) is 5.65. The Bertz CT molecular complexity index is 988. The summed E-state index contributed by atoms with van der Waals surface area (Å²) < 4.78 is 39.5. The van der Waals surface area contributed by atoms with Gasteiger partial charge in [0.05, 0.1) is 12.8 Å². The van der Waals surface area contributed by atoms with Crippen LogP contribution >= 0.6 is 0 Å². The van der Waals surface area contributed by atoms with Crippen molar-refractivity contribution < 1.29 is 17.7 Å². The summed E-state index contributed by atoms with van der Waals surface area (Å²) in [5, 5.41) is 4.00. The minimum atomic E-state index is -3.67. The third-order valence-electron chi connectivity index (χ3n) is 6.53. The van der Waals surface area contributed by atoms with Gasteiger partial charge in [0, 0.05) is 30.3 Å². The monoisotopic (exact) mass is 433 g/mol. The highest BCUT2D eigenvalue weighted by Gasteiger charge is 2.34. The smallest absolute Gasteiger partial charge is 0.246 e. The SMILES string of the molecule is COc1ccc(-c2onc(C)c2C)cc1S(=O)(=O)N1CCC(N2CCCCC2)CC1. The molecule has 0 saturated carbocycles. The number of hydrogen-bond acceptors (Lipinski definition) is 6. The lowest BCUT2D eigenvalue weighted by Crippen LogP contribution is -2.48. The third-order valence-corrected chi connectivity index (χ3v) is 8.45. The maximum absolute atomic E-state index is 13.5. The van der Waals surface area contributed by atoms with Gasteiger partial charge in [-0.1, -0.05) is 11.6 Å². The first-order valence-electron chi connectivity index (χ1n) is 10.8. The quantitative estimate of drug-likeness (QED) is 0.717. The fourth-order valence-corrected chi connectivity index (χ4v) is 6.23. The van der Waals surface area contributed by atoms with Gasteiger partial charge < -0.3 is 14.2 Å². The van der Waals surface area contributed by atoms with Crippen LogP contribution in [-0.4, -0.2) is 62.1 Å². The molecular formula is C22H31N3O4S. The van der Waals surface area contributed by atoms with Gasteiger partial charge in [-0.3, -0.25) is 0 Å². The molecule has 4 rings (SSSR count). The van der Waals surface area contributed by atoms with E-state index in [1.165, 1.54) is 26.4 Å². The second kappa shape index (κ2) is 8.69. The molecule has 3 heterocycles. The van der Waals surface area contributed by atoms with Crippen molar-refractivity contribution in [1.82, 2.24) is 14.4 Å². The molecule has 2 aliphatic heterocycles. The van der Waals surface area contributed by atoms with Crippen LogP contribution in [0.4, 0.5) is 0 Å². The van der Waals surface area contributed by atoms with Crippen LogP contribution in [-0.2, 0) is 10.0 Å². The highest BCUT2D eigenvalue weighted by molar-refractivity contribution is 7.89. The minimum Gasteiger partial charge on any atom is -0.495 e. The molecule has 1 aromatic heterocycles. The van der Waals surface area contributed by atoms with E-state index in [-0.39, 0.29) is 4.90 Å². The number of piperidine rings is 2. The maximum atomic E-state index is 13.5. The van der Waals surface area contributed by atoms with Crippen LogP contribution in [0.5, 0.6) is 5.75 Å². The first-order chi connectivity index (χ1) is 14.4. The largest absolute Gasteiger partial charge is 0.495 e. The molecule has 0 N–H and O–H groups in total. The van der Waals surface area contributed by atoms with Gasteiger partial charge in [0.2, 0.25) is 10.0 Å². The number of benzene rings is 1. The normalized spacial score (nSPS) is 19.8. The van der Waals surface area contributed by atoms with Crippen LogP contribution in [0.1, 0.15) is 43.4 Å². The fourth-order valence-electron chi connectivity index (χ4n) is 4.57. The predicted molar refractivity (Wildman–Crippen MR) is 115 cm³/mol. The van der Waals surface area contributed by atoms with Crippen molar-refractivity contribution in [2.24, 2.45) is 0 Å². The predicted octanol–water partition coefficient (Wildman–Crippen LogP) is 3.61. The Kier molecular flexibility index (Phi) is 6.18. The van der Waals surface area contributed by atoms with Crippen molar-refractivity contribution in [2.75, 3.05) is 33.3 Å². The van der Waals surface area contributed by atoms with E-state index in [0.29, 0.717) is 36.2 Å². The summed E-state index contributed by atoms with van der Waals surface area (Å²) in [5.74, 6) is 0.946. The summed E-state index contributed by atoms with van der Waals surface area (Å²) in [4.78, 5) is 2.73. The zero-order chi connectivity index (χ0) is 21.3. The zero-order valence-corrected chi connectivity index (χ0v) is 18.9. The number of aryl methyl sites for hydroxylation is 1. The highest BCUT2D eigenvalue weighted by Crippen LogP contribution is 2.35. The summed E-state index contributed by atoms with van der Waals surface area (Å²) in [5.41, 5.74) is 2.39. The number of rotatable bonds is 5. The van der Waals surface area contributed by atoms with E-state index in [1.807, 2.05) is 19.9 Å². The number of likely N-dealkylation sites (tertiary alicyclic amines) is 1. The average molecular weight is 434 g/mol. The van der Waals surface area contributed by atoms with Crippen molar-refractivity contribution in [1.29, 1.82) is 0 Å². The van der Waals surface area contributed by atoms with Crippen molar-refractivity contribution in [2.45, 2.75) is 56.9 Å². The fraction of sp³-hybridized carbons (Fsp3) is 0.591. The standard InChI is InChI=1S/C22H31N3O4S/c1-16-17(2)23-29-22(16)18-7-8-20(28-3)21(15-18)30(26,27)25-13-9-19(10-14-25)24-11-5-4-6-12-24/h7-8,15,19H,4-6,9-14H2,1-3H3. The minimum absolute atomic E-state index is 0.187. The van der Waals surface area contributed by atoms with Gasteiger partial charge in [0.1, 0.15) is 10.6 Å². The summed E-state index contributed by atoms with van der Waals surface area (Å²) in [6.07, 6.45) is 5.57. The molecule has 1 aromatic carbocycles. The molecule has 0 amide bonds. The third kappa shape index (κ3) is 4.00. The molecule has 0 bridgehead atoms. The van der Waals surface area contributed by atoms with Crippen LogP contribution in [0.2, 0.25) is 0 Å². The molecule has 0 radical (unpaired) electrons. The molecule has 8 heteroatoms. The van der Waals surface area contributed by atoms with Gasteiger partial charge in [-0.25, -0.2) is 8.42 Å². The number of ether oxygens (including phenoxy) is 1. The summed E-state index contributed by atoms with van der Waals surface area (Å²) in [6.45, 7) is 7.15. The van der Waals surface area contributed by atoms with Crippen LogP contribution < -0.4 is 4.74 Å². The summed E-state index contributed by atoms with van der Waals surface area (Å²) in [7, 11) is -2.17. The summed E-state index contributed by atoms with van der Waals surface area (Å²) >= 11 is 0. The molecule has 30 heavy (non-hydrogen) atoms. The van der Waals surface area contributed by atoms with E-state index in [0.717, 1.165) is 37.2 Å². The number of hydrogen-bond donors (Lipinski definition) is 0.